The number of ether oxygens (including phenoxy) is 1. The standard InChI is InChI=1S/C18H25NO3S/c1-2-22-18(21)13-19(15-9-5-3-6-10-15)17(20)14-23-16-11-7-4-8-12-16/h3,5-6,9-10,16H,2,4,7-8,11-14H2,1H3. The van der Waals surface area contributed by atoms with Gasteiger partial charge in [-0.25, -0.2) is 0 Å². The Hall–Kier alpha value is -1.49. The van der Waals surface area contributed by atoms with E-state index < -0.39 is 0 Å². The number of thioether (sulfide) groups is 1. The van der Waals surface area contributed by atoms with Crippen molar-refractivity contribution in [1.82, 2.24) is 0 Å². The van der Waals surface area contributed by atoms with Crippen LogP contribution in [0.25, 0.3) is 0 Å². The summed E-state index contributed by atoms with van der Waals surface area (Å²) in [5, 5.41) is 0.577. The van der Waals surface area contributed by atoms with E-state index in [0.29, 0.717) is 17.6 Å². The van der Waals surface area contributed by atoms with Crippen LogP contribution in [0, 0.1) is 0 Å². The highest BCUT2D eigenvalue weighted by molar-refractivity contribution is 8.00. The second kappa shape index (κ2) is 9.60. The molecule has 1 fully saturated rings. The van der Waals surface area contributed by atoms with Crippen molar-refractivity contribution in [2.24, 2.45) is 0 Å². The van der Waals surface area contributed by atoms with Gasteiger partial charge in [0, 0.05) is 10.9 Å². The lowest BCUT2D eigenvalue weighted by Crippen LogP contribution is -2.38. The fourth-order valence-corrected chi connectivity index (χ4v) is 3.97. The number of carbonyl (C=O) groups excluding carboxylic acids is 2. The average Bonchev–Trinajstić information content (AvgIpc) is 2.59. The van der Waals surface area contributed by atoms with E-state index in [1.54, 1.807) is 18.7 Å². The third kappa shape index (κ3) is 5.90. The van der Waals surface area contributed by atoms with Crippen molar-refractivity contribution in [3.63, 3.8) is 0 Å². The molecule has 0 N–H and O–H groups in total. The van der Waals surface area contributed by atoms with Gasteiger partial charge in [0.25, 0.3) is 0 Å². The largest absolute Gasteiger partial charge is 0.465 e. The summed E-state index contributed by atoms with van der Waals surface area (Å²) in [6, 6.07) is 9.34. The van der Waals surface area contributed by atoms with Gasteiger partial charge in [-0.05, 0) is 31.9 Å². The highest BCUT2D eigenvalue weighted by atomic mass is 32.2. The van der Waals surface area contributed by atoms with Crippen LogP contribution in [0.2, 0.25) is 0 Å². The molecule has 0 aliphatic heterocycles. The van der Waals surface area contributed by atoms with Crippen molar-refractivity contribution in [3.05, 3.63) is 30.3 Å². The summed E-state index contributed by atoms with van der Waals surface area (Å²) in [6.07, 6.45) is 6.22. The number of nitrogens with zero attached hydrogens (tertiary/aromatic N) is 1. The molecule has 126 valence electrons. The van der Waals surface area contributed by atoms with Gasteiger partial charge in [0.1, 0.15) is 6.54 Å². The van der Waals surface area contributed by atoms with Crippen molar-refractivity contribution in [2.75, 3.05) is 23.8 Å². The molecule has 0 aromatic heterocycles. The Morgan fingerprint density at radius 1 is 1.17 bits per heavy atom. The van der Waals surface area contributed by atoms with Crippen LogP contribution in [0.15, 0.2) is 30.3 Å². The smallest absolute Gasteiger partial charge is 0.326 e. The third-order valence-corrected chi connectivity index (χ3v) is 5.31. The fourth-order valence-electron chi connectivity index (χ4n) is 2.77. The molecule has 2 rings (SSSR count). The van der Waals surface area contributed by atoms with Gasteiger partial charge in [-0.3, -0.25) is 9.59 Å². The normalized spacial score (nSPS) is 15.2. The van der Waals surface area contributed by atoms with Gasteiger partial charge in [0.05, 0.1) is 12.4 Å². The Kier molecular flexibility index (Phi) is 7.46. The van der Waals surface area contributed by atoms with E-state index in [4.69, 9.17) is 4.74 Å². The lowest BCUT2D eigenvalue weighted by molar-refractivity contribution is -0.142. The quantitative estimate of drug-likeness (QED) is 0.714. The van der Waals surface area contributed by atoms with Crippen LogP contribution in [0.5, 0.6) is 0 Å². The lowest BCUT2D eigenvalue weighted by Gasteiger charge is -2.24. The molecule has 0 bridgehead atoms. The molecule has 0 unspecified atom stereocenters. The highest BCUT2D eigenvalue weighted by Crippen LogP contribution is 2.28. The number of esters is 1. The molecule has 4 nitrogen and oxygen atoms in total. The van der Waals surface area contributed by atoms with Gasteiger partial charge < -0.3 is 9.64 Å². The molecule has 0 atom stereocenters. The van der Waals surface area contributed by atoms with E-state index in [1.165, 1.54) is 37.0 Å². The summed E-state index contributed by atoms with van der Waals surface area (Å²) >= 11 is 1.73. The van der Waals surface area contributed by atoms with Gasteiger partial charge >= 0.3 is 5.97 Å². The summed E-state index contributed by atoms with van der Waals surface area (Å²) < 4.78 is 5.00. The van der Waals surface area contributed by atoms with Gasteiger partial charge in [-0.1, -0.05) is 37.5 Å². The van der Waals surface area contributed by atoms with E-state index in [1.807, 2.05) is 30.3 Å². The number of rotatable bonds is 7. The fraction of sp³-hybridized carbons (Fsp3) is 0.556. The Morgan fingerprint density at radius 2 is 1.87 bits per heavy atom. The maximum Gasteiger partial charge on any atom is 0.326 e. The third-order valence-electron chi connectivity index (χ3n) is 3.96. The molecule has 1 aliphatic carbocycles. The van der Waals surface area contributed by atoms with Crippen LogP contribution in [-0.2, 0) is 14.3 Å². The summed E-state index contributed by atoms with van der Waals surface area (Å²) in [4.78, 5) is 26.0. The molecule has 5 heteroatoms. The van der Waals surface area contributed by atoms with Gasteiger partial charge in [-0.2, -0.15) is 0 Å². The molecule has 0 spiro atoms. The van der Waals surface area contributed by atoms with Crippen LogP contribution >= 0.6 is 11.8 Å². The van der Waals surface area contributed by atoms with E-state index in [2.05, 4.69) is 0 Å². The second-order valence-electron chi connectivity index (χ2n) is 5.69. The molecule has 0 heterocycles. The molecular weight excluding hydrogens is 310 g/mol. The number of amides is 1. The van der Waals surface area contributed by atoms with Gasteiger partial charge in [0.15, 0.2) is 0 Å². The van der Waals surface area contributed by atoms with Gasteiger partial charge in [-0.15, -0.1) is 11.8 Å². The minimum atomic E-state index is -0.368. The molecule has 1 aromatic carbocycles. The highest BCUT2D eigenvalue weighted by Gasteiger charge is 2.22. The second-order valence-corrected chi connectivity index (χ2v) is 6.98. The van der Waals surface area contributed by atoms with E-state index in [9.17, 15) is 9.59 Å². The minimum absolute atomic E-state index is 0.0259. The molecule has 1 aliphatic rings. The molecule has 0 saturated heterocycles. The SMILES string of the molecule is CCOC(=O)CN(C(=O)CSC1CCCCC1)c1ccccc1. The zero-order valence-electron chi connectivity index (χ0n) is 13.7. The van der Waals surface area contributed by atoms with E-state index in [-0.39, 0.29) is 18.4 Å². The maximum atomic E-state index is 12.6. The van der Waals surface area contributed by atoms with Crippen molar-refractivity contribution < 1.29 is 14.3 Å². The topological polar surface area (TPSA) is 46.6 Å². The summed E-state index contributed by atoms with van der Waals surface area (Å²) in [7, 11) is 0. The molecule has 1 amide bonds. The first-order chi connectivity index (χ1) is 11.2. The number of carbonyl (C=O) groups is 2. The predicted molar refractivity (Wildman–Crippen MR) is 94.8 cm³/mol. The molecule has 0 radical (unpaired) electrons. The molecule has 1 saturated carbocycles. The summed E-state index contributed by atoms with van der Waals surface area (Å²) in [5.41, 5.74) is 0.745. The Bertz CT molecular complexity index is 500. The number of hydrogen-bond donors (Lipinski definition) is 0. The first-order valence-electron chi connectivity index (χ1n) is 8.33. The maximum absolute atomic E-state index is 12.6. The Labute approximate surface area is 142 Å². The van der Waals surface area contributed by atoms with Crippen LogP contribution < -0.4 is 4.90 Å². The Balaban J connectivity index is 1.97. The first-order valence-corrected chi connectivity index (χ1v) is 9.38. The Morgan fingerprint density at radius 3 is 2.52 bits per heavy atom. The molecule has 23 heavy (non-hydrogen) atoms. The molecule has 1 aromatic rings. The molecular formula is C18H25NO3S. The van der Waals surface area contributed by atoms with Gasteiger partial charge in [0.2, 0.25) is 5.91 Å². The first kappa shape index (κ1) is 17.9. The number of hydrogen-bond acceptors (Lipinski definition) is 4. The minimum Gasteiger partial charge on any atom is -0.465 e. The van der Waals surface area contributed by atoms with Crippen molar-refractivity contribution >= 4 is 29.3 Å². The number of anilines is 1. The van der Waals surface area contributed by atoms with E-state index >= 15 is 0 Å². The van der Waals surface area contributed by atoms with E-state index in [0.717, 1.165) is 5.69 Å². The number of benzene rings is 1. The van der Waals surface area contributed by atoms with Crippen molar-refractivity contribution in [1.29, 1.82) is 0 Å². The summed E-state index contributed by atoms with van der Waals surface area (Å²) in [5.74, 6) is 0.0195. The zero-order chi connectivity index (χ0) is 16.5. The van der Waals surface area contributed by atoms with Crippen LogP contribution in [0.4, 0.5) is 5.69 Å². The van der Waals surface area contributed by atoms with Crippen LogP contribution in [0.3, 0.4) is 0 Å². The van der Waals surface area contributed by atoms with Crippen LogP contribution in [-0.4, -0.2) is 36.0 Å². The zero-order valence-corrected chi connectivity index (χ0v) is 14.5. The predicted octanol–water partition coefficient (Wildman–Crippen LogP) is 3.65. The lowest BCUT2D eigenvalue weighted by atomic mass is 10.0. The number of para-hydroxylation sites is 1. The van der Waals surface area contributed by atoms with Crippen LogP contribution in [0.1, 0.15) is 39.0 Å². The monoisotopic (exact) mass is 335 g/mol. The van der Waals surface area contributed by atoms with Crippen molar-refractivity contribution in [3.8, 4) is 0 Å². The summed E-state index contributed by atoms with van der Waals surface area (Å²) in [6.45, 7) is 2.07. The van der Waals surface area contributed by atoms with Crippen molar-refractivity contribution in [2.45, 2.75) is 44.3 Å². The average molecular weight is 335 g/mol.